The summed E-state index contributed by atoms with van der Waals surface area (Å²) in [5.74, 6) is 0. The molecule has 90 valence electrons. The third kappa shape index (κ3) is 4.24. The number of benzene rings is 1. The van der Waals surface area contributed by atoms with Crippen LogP contribution in [0.5, 0.6) is 0 Å². The number of hydrogen-bond donors (Lipinski definition) is 2. The lowest BCUT2D eigenvalue weighted by Crippen LogP contribution is -2.38. The van der Waals surface area contributed by atoms with Gasteiger partial charge in [0.25, 0.3) is 0 Å². The van der Waals surface area contributed by atoms with Crippen molar-refractivity contribution in [1.82, 2.24) is 5.32 Å². The minimum Gasteiger partial charge on any atom is -0.387 e. The fourth-order valence-electron chi connectivity index (χ4n) is 1.40. The van der Waals surface area contributed by atoms with Crippen LogP contribution in [0.25, 0.3) is 0 Å². The monoisotopic (exact) mass is 285 g/mol. The largest absolute Gasteiger partial charge is 0.387 e. The molecule has 2 nitrogen and oxygen atoms in total. The molecule has 0 spiro atoms. The van der Waals surface area contributed by atoms with Crippen LogP contribution in [0, 0.1) is 6.92 Å². The van der Waals surface area contributed by atoms with Crippen molar-refractivity contribution in [3.05, 3.63) is 33.8 Å². The van der Waals surface area contributed by atoms with Gasteiger partial charge in [0.15, 0.2) is 0 Å². The van der Waals surface area contributed by atoms with Crippen molar-refractivity contribution >= 4 is 15.9 Å². The number of aliphatic hydroxyl groups excluding tert-OH is 1. The van der Waals surface area contributed by atoms with Crippen LogP contribution in [0.3, 0.4) is 0 Å². The van der Waals surface area contributed by atoms with E-state index < -0.39 is 6.10 Å². The molecule has 16 heavy (non-hydrogen) atoms. The highest BCUT2D eigenvalue weighted by molar-refractivity contribution is 9.10. The van der Waals surface area contributed by atoms with E-state index in [1.807, 2.05) is 25.1 Å². The van der Waals surface area contributed by atoms with Gasteiger partial charge in [0.2, 0.25) is 0 Å². The zero-order valence-electron chi connectivity index (χ0n) is 10.3. The Morgan fingerprint density at radius 2 is 2.00 bits per heavy atom. The van der Waals surface area contributed by atoms with Crippen LogP contribution in [0.4, 0.5) is 0 Å². The highest BCUT2D eigenvalue weighted by atomic mass is 79.9. The van der Waals surface area contributed by atoms with Gasteiger partial charge in [0.1, 0.15) is 0 Å². The molecule has 2 N–H and O–H groups in total. The summed E-state index contributed by atoms with van der Waals surface area (Å²) in [7, 11) is 0. The van der Waals surface area contributed by atoms with Crippen molar-refractivity contribution < 1.29 is 5.11 Å². The zero-order valence-corrected chi connectivity index (χ0v) is 11.9. The molecule has 0 aliphatic rings. The molecule has 0 bridgehead atoms. The number of rotatable bonds is 3. The first-order valence-corrected chi connectivity index (χ1v) is 6.28. The molecular weight excluding hydrogens is 266 g/mol. The van der Waals surface area contributed by atoms with E-state index in [1.54, 1.807) is 0 Å². The first-order valence-electron chi connectivity index (χ1n) is 5.49. The van der Waals surface area contributed by atoms with Gasteiger partial charge in [-0.25, -0.2) is 0 Å². The van der Waals surface area contributed by atoms with Gasteiger partial charge in [-0.3, -0.25) is 0 Å². The predicted molar refractivity (Wildman–Crippen MR) is 71.6 cm³/mol. The Kier molecular flexibility index (Phi) is 4.53. The maximum Gasteiger partial charge on any atom is 0.0914 e. The van der Waals surface area contributed by atoms with E-state index in [2.05, 4.69) is 42.0 Å². The van der Waals surface area contributed by atoms with Gasteiger partial charge in [-0.05, 0) is 44.9 Å². The van der Waals surface area contributed by atoms with Gasteiger partial charge < -0.3 is 10.4 Å². The fraction of sp³-hybridized carbons (Fsp3) is 0.538. The molecule has 0 radical (unpaired) electrons. The van der Waals surface area contributed by atoms with Gasteiger partial charge in [0, 0.05) is 16.6 Å². The molecule has 0 aliphatic carbocycles. The SMILES string of the molecule is Cc1cc(C(O)CNC(C)(C)C)ccc1Br. The summed E-state index contributed by atoms with van der Waals surface area (Å²) in [5, 5.41) is 13.3. The smallest absolute Gasteiger partial charge is 0.0914 e. The van der Waals surface area contributed by atoms with Crippen LogP contribution in [0.15, 0.2) is 22.7 Å². The molecule has 0 aliphatic heterocycles. The minimum absolute atomic E-state index is 0.0331. The van der Waals surface area contributed by atoms with Crippen molar-refractivity contribution in [2.45, 2.75) is 39.3 Å². The molecule has 0 saturated heterocycles. The van der Waals surface area contributed by atoms with Crippen LogP contribution in [-0.2, 0) is 0 Å². The molecule has 0 aromatic heterocycles. The van der Waals surface area contributed by atoms with E-state index >= 15 is 0 Å². The molecule has 0 saturated carbocycles. The van der Waals surface area contributed by atoms with Crippen LogP contribution in [0.2, 0.25) is 0 Å². The van der Waals surface area contributed by atoms with E-state index in [-0.39, 0.29) is 5.54 Å². The number of nitrogens with one attached hydrogen (secondary N) is 1. The molecule has 0 heterocycles. The third-order valence-electron chi connectivity index (χ3n) is 2.39. The van der Waals surface area contributed by atoms with E-state index in [9.17, 15) is 5.11 Å². The molecule has 3 heteroatoms. The second kappa shape index (κ2) is 5.30. The molecule has 1 rings (SSSR count). The van der Waals surface area contributed by atoms with Crippen LogP contribution in [-0.4, -0.2) is 17.2 Å². The Balaban J connectivity index is 2.66. The summed E-state index contributed by atoms with van der Waals surface area (Å²) in [6, 6.07) is 5.94. The quantitative estimate of drug-likeness (QED) is 0.894. The van der Waals surface area contributed by atoms with Crippen LogP contribution < -0.4 is 5.32 Å². The highest BCUT2D eigenvalue weighted by Gasteiger charge is 2.13. The van der Waals surface area contributed by atoms with E-state index in [1.165, 1.54) is 0 Å². The van der Waals surface area contributed by atoms with E-state index in [4.69, 9.17) is 0 Å². The Hall–Kier alpha value is -0.380. The molecule has 1 unspecified atom stereocenters. The minimum atomic E-state index is -0.453. The second-order valence-corrected chi connectivity index (χ2v) is 6.01. The highest BCUT2D eigenvalue weighted by Crippen LogP contribution is 2.21. The van der Waals surface area contributed by atoms with Crippen LogP contribution in [0.1, 0.15) is 38.0 Å². The van der Waals surface area contributed by atoms with Crippen molar-refractivity contribution in [2.24, 2.45) is 0 Å². The van der Waals surface area contributed by atoms with Gasteiger partial charge in [-0.1, -0.05) is 28.1 Å². The summed E-state index contributed by atoms with van der Waals surface area (Å²) in [5.41, 5.74) is 2.13. The van der Waals surface area contributed by atoms with Crippen molar-refractivity contribution in [2.75, 3.05) is 6.54 Å². The maximum atomic E-state index is 10.0. The van der Waals surface area contributed by atoms with Gasteiger partial charge in [-0.2, -0.15) is 0 Å². The van der Waals surface area contributed by atoms with Crippen LogP contribution >= 0.6 is 15.9 Å². The average Bonchev–Trinajstić information content (AvgIpc) is 2.17. The first kappa shape index (κ1) is 13.7. The molecule has 1 aromatic rings. The van der Waals surface area contributed by atoms with E-state index in [0.717, 1.165) is 15.6 Å². The summed E-state index contributed by atoms with van der Waals surface area (Å²) in [4.78, 5) is 0. The Morgan fingerprint density at radius 1 is 1.38 bits per heavy atom. The lowest BCUT2D eigenvalue weighted by molar-refractivity contribution is 0.163. The summed E-state index contributed by atoms with van der Waals surface area (Å²) >= 11 is 3.45. The molecular formula is C13H20BrNO. The predicted octanol–water partition coefficient (Wildman–Crippen LogP) is 3.18. The number of aliphatic hydroxyl groups is 1. The maximum absolute atomic E-state index is 10.0. The summed E-state index contributed by atoms with van der Waals surface area (Å²) in [6.07, 6.45) is -0.453. The van der Waals surface area contributed by atoms with Crippen molar-refractivity contribution in [1.29, 1.82) is 0 Å². The molecule has 0 fully saturated rings. The number of hydrogen-bond acceptors (Lipinski definition) is 2. The Morgan fingerprint density at radius 3 is 2.50 bits per heavy atom. The van der Waals surface area contributed by atoms with Gasteiger partial charge in [-0.15, -0.1) is 0 Å². The van der Waals surface area contributed by atoms with Crippen molar-refractivity contribution in [3.63, 3.8) is 0 Å². The molecule has 1 atom stereocenters. The third-order valence-corrected chi connectivity index (χ3v) is 3.28. The zero-order chi connectivity index (χ0) is 12.3. The standard InChI is InChI=1S/C13H20BrNO/c1-9-7-10(5-6-11(9)14)12(16)8-15-13(2,3)4/h5-7,12,15-16H,8H2,1-4H3. The normalized spacial score (nSPS) is 13.9. The van der Waals surface area contributed by atoms with Gasteiger partial charge >= 0.3 is 0 Å². The fourth-order valence-corrected chi connectivity index (χ4v) is 1.64. The number of halogens is 1. The summed E-state index contributed by atoms with van der Waals surface area (Å²) in [6.45, 7) is 8.87. The Bertz CT molecular complexity index is 357. The topological polar surface area (TPSA) is 32.3 Å². The first-order chi connectivity index (χ1) is 7.29. The molecule has 1 aromatic carbocycles. The Labute approximate surface area is 106 Å². The van der Waals surface area contributed by atoms with Crippen molar-refractivity contribution in [3.8, 4) is 0 Å². The second-order valence-electron chi connectivity index (χ2n) is 5.16. The lowest BCUT2D eigenvalue weighted by atomic mass is 10.0. The molecule has 0 amide bonds. The number of aryl methyl sites for hydroxylation is 1. The van der Waals surface area contributed by atoms with E-state index in [0.29, 0.717) is 6.54 Å². The summed E-state index contributed by atoms with van der Waals surface area (Å²) < 4.78 is 1.08. The lowest BCUT2D eigenvalue weighted by Gasteiger charge is -2.23. The number of β-amino-alcohol motifs (C(OH)–C–C–N with tert-alkyl or cyclic N) is 1. The van der Waals surface area contributed by atoms with Gasteiger partial charge in [0.05, 0.1) is 6.10 Å². The average molecular weight is 286 g/mol.